The SMILES string of the molecule is CN1CCC(CN(C)Cc2nnc(NN)s2)CC1. The van der Waals surface area contributed by atoms with Crippen molar-refractivity contribution in [3.63, 3.8) is 0 Å². The number of anilines is 1. The van der Waals surface area contributed by atoms with E-state index in [2.05, 4.69) is 39.5 Å². The van der Waals surface area contributed by atoms with Crippen LogP contribution in [0.2, 0.25) is 0 Å². The van der Waals surface area contributed by atoms with E-state index in [1.807, 2.05) is 0 Å². The van der Waals surface area contributed by atoms with Crippen LogP contribution in [0.3, 0.4) is 0 Å². The summed E-state index contributed by atoms with van der Waals surface area (Å²) in [6.45, 7) is 4.43. The van der Waals surface area contributed by atoms with Gasteiger partial charge in [-0.15, -0.1) is 10.2 Å². The van der Waals surface area contributed by atoms with Crippen LogP contribution in [0.4, 0.5) is 5.13 Å². The molecule has 2 heterocycles. The zero-order valence-electron chi connectivity index (χ0n) is 11.1. The third-order valence-electron chi connectivity index (χ3n) is 3.40. The maximum Gasteiger partial charge on any atom is 0.219 e. The average Bonchev–Trinajstić information content (AvgIpc) is 2.79. The number of hydrogen-bond donors (Lipinski definition) is 2. The second kappa shape index (κ2) is 6.42. The second-order valence-corrected chi connectivity index (χ2v) is 6.15. The molecule has 6 nitrogen and oxygen atoms in total. The fourth-order valence-electron chi connectivity index (χ4n) is 2.36. The summed E-state index contributed by atoms with van der Waals surface area (Å²) in [5.41, 5.74) is 2.53. The summed E-state index contributed by atoms with van der Waals surface area (Å²) in [4.78, 5) is 4.73. The van der Waals surface area contributed by atoms with E-state index in [1.54, 1.807) is 0 Å². The lowest BCUT2D eigenvalue weighted by molar-refractivity contribution is 0.173. The van der Waals surface area contributed by atoms with Gasteiger partial charge in [-0.1, -0.05) is 11.3 Å². The first-order chi connectivity index (χ1) is 8.67. The molecule has 0 aliphatic carbocycles. The first-order valence-corrected chi connectivity index (χ1v) is 7.15. The lowest BCUT2D eigenvalue weighted by atomic mass is 9.97. The number of aromatic nitrogens is 2. The summed E-state index contributed by atoms with van der Waals surface area (Å²) in [7, 11) is 4.35. The highest BCUT2D eigenvalue weighted by Gasteiger charge is 2.18. The Bertz CT molecular complexity index is 360. The van der Waals surface area contributed by atoms with Gasteiger partial charge in [0.1, 0.15) is 5.01 Å². The van der Waals surface area contributed by atoms with E-state index >= 15 is 0 Å². The Morgan fingerprint density at radius 3 is 2.78 bits per heavy atom. The van der Waals surface area contributed by atoms with Crippen molar-refractivity contribution in [3.8, 4) is 0 Å². The van der Waals surface area contributed by atoms with E-state index < -0.39 is 0 Å². The topological polar surface area (TPSA) is 70.3 Å². The van der Waals surface area contributed by atoms with Gasteiger partial charge in [0.15, 0.2) is 0 Å². The summed E-state index contributed by atoms with van der Waals surface area (Å²) in [5, 5.41) is 9.74. The molecule has 18 heavy (non-hydrogen) atoms. The Morgan fingerprint density at radius 1 is 1.44 bits per heavy atom. The molecule has 1 aromatic heterocycles. The van der Waals surface area contributed by atoms with Gasteiger partial charge in [0, 0.05) is 6.54 Å². The van der Waals surface area contributed by atoms with Gasteiger partial charge >= 0.3 is 0 Å². The Labute approximate surface area is 112 Å². The van der Waals surface area contributed by atoms with Gasteiger partial charge in [0.05, 0.1) is 6.54 Å². The third kappa shape index (κ3) is 3.88. The summed E-state index contributed by atoms with van der Waals surface area (Å²) in [6.07, 6.45) is 2.60. The number of likely N-dealkylation sites (tertiary alicyclic amines) is 1. The van der Waals surface area contributed by atoms with Crippen molar-refractivity contribution in [2.75, 3.05) is 39.2 Å². The van der Waals surface area contributed by atoms with Crippen molar-refractivity contribution in [1.29, 1.82) is 0 Å². The van der Waals surface area contributed by atoms with Crippen LogP contribution in [0.1, 0.15) is 17.8 Å². The molecule has 1 fully saturated rings. The van der Waals surface area contributed by atoms with Crippen LogP contribution < -0.4 is 11.3 Å². The maximum absolute atomic E-state index is 5.30. The van der Waals surface area contributed by atoms with Crippen molar-refractivity contribution < 1.29 is 0 Å². The first kappa shape index (κ1) is 13.7. The molecular weight excluding hydrogens is 248 g/mol. The smallest absolute Gasteiger partial charge is 0.219 e. The van der Waals surface area contributed by atoms with Crippen molar-refractivity contribution in [3.05, 3.63) is 5.01 Å². The molecule has 1 aliphatic heterocycles. The summed E-state index contributed by atoms with van der Waals surface area (Å²) < 4.78 is 0. The molecule has 0 atom stereocenters. The quantitative estimate of drug-likeness (QED) is 0.603. The minimum Gasteiger partial charge on any atom is -0.306 e. The summed E-state index contributed by atoms with van der Waals surface area (Å²) in [5.74, 6) is 6.11. The molecule has 102 valence electrons. The normalized spacial score (nSPS) is 18.4. The zero-order chi connectivity index (χ0) is 13.0. The van der Waals surface area contributed by atoms with Crippen LogP contribution in [0.25, 0.3) is 0 Å². The minimum atomic E-state index is 0.678. The van der Waals surface area contributed by atoms with Crippen LogP contribution in [-0.4, -0.2) is 53.7 Å². The van der Waals surface area contributed by atoms with Gasteiger partial charge in [-0.3, -0.25) is 10.3 Å². The predicted octanol–water partition coefficient (Wildman–Crippen LogP) is 0.597. The number of nitrogens with two attached hydrogens (primary N) is 1. The Balaban J connectivity index is 1.76. The summed E-state index contributed by atoms with van der Waals surface area (Å²) >= 11 is 1.52. The van der Waals surface area contributed by atoms with Gasteiger partial charge in [-0.05, 0) is 45.9 Å². The molecule has 0 aromatic carbocycles. The molecule has 0 radical (unpaired) electrons. The second-order valence-electron chi connectivity index (χ2n) is 5.09. The van der Waals surface area contributed by atoms with Crippen LogP contribution >= 0.6 is 11.3 Å². The Kier molecular flexibility index (Phi) is 4.87. The highest BCUT2D eigenvalue weighted by Crippen LogP contribution is 2.19. The number of rotatable bonds is 5. The molecule has 1 aliphatic rings. The van der Waals surface area contributed by atoms with E-state index in [0.29, 0.717) is 5.13 Å². The predicted molar refractivity (Wildman–Crippen MR) is 74.3 cm³/mol. The molecule has 1 saturated heterocycles. The Morgan fingerprint density at radius 2 is 2.17 bits per heavy atom. The molecule has 0 saturated carbocycles. The van der Waals surface area contributed by atoms with E-state index in [4.69, 9.17) is 5.84 Å². The molecule has 3 N–H and O–H groups in total. The van der Waals surface area contributed by atoms with Gasteiger partial charge in [0.25, 0.3) is 0 Å². The molecule has 0 amide bonds. The number of piperidine rings is 1. The molecule has 1 aromatic rings. The maximum atomic E-state index is 5.30. The largest absolute Gasteiger partial charge is 0.306 e. The monoisotopic (exact) mass is 270 g/mol. The van der Waals surface area contributed by atoms with E-state index in [9.17, 15) is 0 Å². The number of nitrogens with zero attached hydrogens (tertiary/aromatic N) is 4. The van der Waals surface area contributed by atoms with Gasteiger partial charge in [-0.2, -0.15) is 0 Å². The fourth-order valence-corrected chi connectivity index (χ4v) is 3.09. The zero-order valence-corrected chi connectivity index (χ0v) is 11.9. The Hall–Kier alpha value is -0.760. The number of hydrogen-bond acceptors (Lipinski definition) is 7. The van der Waals surface area contributed by atoms with Gasteiger partial charge in [-0.25, -0.2) is 5.84 Å². The van der Waals surface area contributed by atoms with Gasteiger partial charge in [0.2, 0.25) is 5.13 Å². The van der Waals surface area contributed by atoms with Crippen molar-refractivity contribution >= 4 is 16.5 Å². The minimum absolute atomic E-state index is 0.678. The summed E-state index contributed by atoms with van der Waals surface area (Å²) in [6, 6.07) is 0. The number of hydrazine groups is 1. The highest BCUT2D eigenvalue weighted by molar-refractivity contribution is 7.15. The molecular formula is C11H22N6S. The van der Waals surface area contributed by atoms with Crippen LogP contribution in [0.5, 0.6) is 0 Å². The molecule has 0 bridgehead atoms. The van der Waals surface area contributed by atoms with Crippen molar-refractivity contribution in [2.45, 2.75) is 19.4 Å². The van der Waals surface area contributed by atoms with E-state index in [1.165, 1.54) is 37.3 Å². The standard InChI is InChI=1S/C11H22N6S/c1-16-5-3-9(4-6-16)7-17(2)8-10-14-15-11(13-12)18-10/h9H,3-8,12H2,1-2H3,(H,13,15). The van der Waals surface area contributed by atoms with Crippen LogP contribution in [-0.2, 0) is 6.54 Å². The lowest BCUT2D eigenvalue weighted by Gasteiger charge is -2.31. The highest BCUT2D eigenvalue weighted by atomic mass is 32.1. The first-order valence-electron chi connectivity index (χ1n) is 6.33. The van der Waals surface area contributed by atoms with Crippen LogP contribution in [0, 0.1) is 5.92 Å². The van der Waals surface area contributed by atoms with Crippen molar-refractivity contribution in [1.82, 2.24) is 20.0 Å². The fraction of sp³-hybridized carbons (Fsp3) is 0.818. The number of nitrogens with one attached hydrogen (secondary N) is 1. The average molecular weight is 270 g/mol. The van der Waals surface area contributed by atoms with E-state index in [0.717, 1.165) is 24.0 Å². The van der Waals surface area contributed by atoms with E-state index in [-0.39, 0.29) is 0 Å². The molecule has 0 unspecified atom stereocenters. The van der Waals surface area contributed by atoms with Crippen molar-refractivity contribution in [2.24, 2.45) is 11.8 Å². The molecule has 2 rings (SSSR count). The molecule has 7 heteroatoms. The third-order valence-corrected chi connectivity index (χ3v) is 4.24. The van der Waals surface area contributed by atoms with Gasteiger partial charge < -0.3 is 4.90 Å². The molecule has 0 spiro atoms. The number of nitrogen functional groups attached to an aromatic ring is 1. The van der Waals surface area contributed by atoms with Crippen LogP contribution in [0.15, 0.2) is 0 Å². The lowest BCUT2D eigenvalue weighted by Crippen LogP contribution is -2.35.